The second-order valence-corrected chi connectivity index (χ2v) is 6.16. The molecule has 0 unspecified atom stereocenters. The van der Waals surface area contributed by atoms with E-state index in [0.29, 0.717) is 19.0 Å². The Labute approximate surface area is 119 Å². The van der Waals surface area contributed by atoms with E-state index in [1.165, 1.54) is 12.8 Å². The smallest absolute Gasteiger partial charge is 0.329 e. The number of likely N-dealkylation sites (tertiary alicyclic amines) is 1. The number of rotatable bonds is 7. The summed E-state index contributed by atoms with van der Waals surface area (Å²) >= 11 is 0. The molecule has 114 valence electrons. The molecule has 0 aromatic rings. The molecule has 0 bridgehead atoms. The molecule has 2 aliphatic rings. The Balaban J connectivity index is 1.79. The van der Waals surface area contributed by atoms with Gasteiger partial charge in [0.15, 0.2) is 0 Å². The van der Waals surface area contributed by atoms with Crippen molar-refractivity contribution in [2.24, 2.45) is 5.92 Å². The van der Waals surface area contributed by atoms with Crippen molar-refractivity contribution < 1.29 is 19.4 Å². The SMILES string of the molecule is CCCN(CC1CC1)C(=O)N1CC(C)(OCC(=O)O)C1. The molecule has 2 rings (SSSR count). The van der Waals surface area contributed by atoms with Crippen LogP contribution < -0.4 is 0 Å². The monoisotopic (exact) mass is 284 g/mol. The molecule has 1 aliphatic heterocycles. The fraction of sp³-hybridized carbons (Fsp3) is 0.857. The molecule has 1 heterocycles. The summed E-state index contributed by atoms with van der Waals surface area (Å²) in [4.78, 5) is 26.6. The third-order valence-corrected chi connectivity index (χ3v) is 3.80. The molecule has 1 saturated carbocycles. The van der Waals surface area contributed by atoms with E-state index in [2.05, 4.69) is 6.92 Å². The van der Waals surface area contributed by atoms with Crippen LogP contribution in [0.5, 0.6) is 0 Å². The summed E-state index contributed by atoms with van der Waals surface area (Å²) in [7, 11) is 0. The number of amides is 2. The zero-order chi connectivity index (χ0) is 14.8. The van der Waals surface area contributed by atoms with Crippen LogP contribution in [0.4, 0.5) is 4.79 Å². The zero-order valence-corrected chi connectivity index (χ0v) is 12.3. The molecule has 20 heavy (non-hydrogen) atoms. The summed E-state index contributed by atoms with van der Waals surface area (Å²) in [5.74, 6) is -0.293. The third-order valence-electron chi connectivity index (χ3n) is 3.80. The number of ether oxygens (including phenoxy) is 1. The van der Waals surface area contributed by atoms with Crippen LogP contribution in [-0.4, -0.2) is 65.3 Å². The second kappa shape index (κ2) is 5.99. The predicted octanol–water partition coefficient (Wildman–Crippen LogP) is 1.40. The zero-order valence-electron chi connectivity index (χ0n) is 12.3. The molecule has 0 aromatic carbocycles. The predicted molar refractivity (Wildman–Crippen MR) is 73.5 cm³/mol. The van der Waals surface area contributed by atoms with E-state index in [1.807, 2.05) is 11.8 Å². The number of aliphatic carboxylic acids is 1. The lowest BCUT2D eigenvalue weighted by Gasteiger charge is -2.48. The first-order valence-electron chi connectivity index (χ1n) is 7.33. The van der Waals surface area contributed by atoms with E-state index in [4.69, 9.17) is 9.84 Å². The van der Waals surface area contributed by atoms with Crippen LogP contribution >= 0.6 is 0 Å². The van der Waals surface area contributed by atoms with Crippen LogP contribution in [0.25, 0.3) is 0 Å². The minimum atomic E-state index is -0.975. The van der Waals surface area contributed by atoms with Crippen molar-refractivity contribution in [1.82, 2.24) is 9.80 Å². The number of carbonyl (C=O) groups excluding carboxylic acids is 1. The summed E-state index contributed by atoms with van der Waals surface area (Å²) in [5.41, 5.74) is -0.508. The first kappa shape index (κ1) is 15.1. The lowest BCUT2D eigenvalue weighted by Crippen LogP contribution is -2.65. The van der Waals surface area contributed by atoms with Crippen molar-refractivity contribution in [3.63, 3.8) is 0 Å². The van der Waals surface area contributed by atoms with Crippen LogP contribution in [0.15, 0.2) is 0 Å². The first-order valence-corrected chi connectivity index (χ1v) is 7.33. The molecule has 6 nitrogen and oxygen atoms in total. The summed E-state index contributed by atoms with van der Waals surface area (Å²) in [6.07, 6.45) is 3.42. The number of hydrogen-bond acceptors (Lipinski definition) is 3. The molecule has 1 aliphatic carbocycles. The number of urea groups is 1. The molecule has 2 amide bonds. The Hall–Kier alpha value is -1.30. The first-order chi connectivity index (χ1) is 9.43. The maximum Gasteiger partial charge on any atom is 0.329 e. The highest BCUT2D eigenvalue weighted by Gasteiger charge is 2.44. The van der Waals surface area contributed by atoms with Crippen molar-refractivity contribution in [3.8, 4) is 0 Å². The van der Waals surface area contributed by atoms with Gasteiger partial charge in [-0.15, -0.1) is 0 Å². The van der Waals surface area contributed by atoms with Crippen LogP contribution in [0, 0.1) is 5.92 Å². The van der Waals surface area contributed by atoms with Crippen molar-refractivity contribution >= 4 is 12.0 Å². The maximum absolute atomic E-state index is 12.4. The van der Waals surface area contributed by atoms with Crippen molar-refractivity contribution in [3.05, 3.63) is 0 Å². The Morgan fingerprint density at radius 3 is 2.55 bits per heavy atom. The minimum Gasteiger partial charge on any atom is -0.480 e. The number of hydrogen-bond donors (Lipinski definition) is 1. The maximum atomic E-state index is 12.4. The van der Waals surface area contributed by atoms with Crippen LogP contribution in [0.3, 0.4) is 0 Å². The molecular weight excluding hydrogens is 260 g/mol. The Morgan fingerprint density at radius 2 is 2.05 bits per heavy atom. The number of carboxylic acids is 1. The summed E-state index contributed by atoms with van der Waals surface area (Å²) in [6, 6.07) is 0.0650. The third kappa shape index (κ3) is 3.85. The fourth-order valence-electron chi connectivity index (χ4n) is 2.57. The normalized spacial score (nSPS) is 20.4. The Bertz CT molecular complexity index is 375. The van der Waals surface area contributed by atoms with E-state index >= 15 is 0 Å². The standard InChI is InChI=1S/C14H24N2O4/c1-3-6-15(7-11-4-5-11)13(19)16-9-14(2,10-16)20-8-12(17)18/h11H,3-10H2,1-2H3,(H,17,18). The van der Waals surface area contributed by atoms with Gasteiger partial charge in [-0.05, 0) is 32.1 Å². The Kier molecular flexibility index (Phi) is 4.52. The largest absolute Gasteiger partial charge is 0.480 e. The molecule has 2 fully saturated rings. The van der Waals surface area contributed by atoms with Crippen molar-refractivity contribution in [2.75, 3.05) is 32.8 Å². The van der Waals surface area contributed by atoms with Crippen LogP contribution in [0.2, 0.25) is 0 Å². The van der Waals surface area contributed by atoms with Gasteiger partial charge in [0, 0.05) is 13.1 Å². The number of carbonyl (C=O) groups is 2. The van der Waals surface area contributed by atoms with E-state index < -0.39 is 11.6 Å². The average Bonchev–Trinajstić information content (AvgIpc) is 3.15. The van der Waals surface area contributed by atoms with Gasteiger partial charge < -0.3 is 19.6 Å². The summed E-state index contributed by atoms with van der Waals surface area (Å²) < 4.78 is 5.33. The summed E-state index contributed by atoms with van der Waals surface area (Å²) in [6.45, 7) is 6.22. The van der Waals surface area contributed by atoms with E-state index in [9.17, 15) is 9.59 Å². The van der Waals surface area contributed by atoms with Crippen molar-refractivity contribution in [1.29, 1.82) is 0 Å². The molecule has 0 atom stereocenters. The minimum absolute atomic E-state index is 0.0650. The number of carboxylic acid groups (broad SMARTS) is 1. The van der Waals surface area contributed by atoms with E-state index in [1.54, 1.807) is 4.90 Å². The highest BCUT2D eigenvalue weighted by molar-refractivity contribution is 5.76. The van der Waals surface area contributed by atoms with Gasteiger partial charge in [0.25, 0.3) is 0 Å². The van der Waals surface area contributed by atoms with Gasteiger partial charge in [0.1, 0.15) is 12.2 Å². The van der Waals surface area contributed by atoms with Gasteiger partial charge in [-0.2, -0.15) is 0 Å². The molecule has 6 heteroatoms. The van der Waals surface area contributed by atoms with Gasteiger partial charge in [-0.1, -0.05) is 6.92 Å². The average molecular weight is 284 g/mol. The van der Waals surface area contributed by atoms with E-state index in [0.717, 1.165) is 19.5 Å². The van der Waals surface area contributed by atoms with E-state index in [-0.39, 0.29) is 12.6 Å². The lowest BCUT2D eigenvalue weighted by molar-refractivity contribution is -0.160. The summed E-state index contributed by atoms with van der Waals surface area (Å²) in [5, 5.41) is 8.62. The topological polar surface area (TPSA) is 70.1 Å². The highest BCUT2D eigenvalue weighted by atomic mass is 16.5. The quantitative estimate of drug-likeness (QED) is 0.767. The highest BCUT2D eigenvalue weighted by Crippen LogP contribution is 2.31. The van der Waals surface area contributed by atoms with Gasteiger partial charge in [0.2, 0.25) is 0 Å². The van der Waals surface area contributed by atoms with Crippen molar-refractivity contribution in [2.45, 2.75) is 38.7 Å². The molecule has 1 saturated heterocycles. The van der Waals surface area contributed by atoms with Gasteiger partial charge >= 0.3 is 12.0 Å². The molecule has 1 N–H and O–H groups in total. The molecule has 0 spiro atoms. The molecule has 0 aromatic heterocycles. The molecular formula is C14H24N2O4. The van der Waals surface area contributed by atoms with Gasteiger partial charge in [0.05, 0.1) is 13.1 Å². The Morgan fingerprint density at radius 1 is 1.40 bits per heavy atom. The van der Waals surface area contributed by atoms with Gasteiger partial charge in [-0.25, -0.2) is 9.59 Å². The van der Waals surface area contributed by atoms with Crippen LogP contribution in [0.1, 0.15) is 33.1 Å². The van der Waals surface area contributed by atoms with Crippen LogP contribution in [-0.2, 0) is 9.53 Å². The lowest BCUT2D eigenvalue weighted by atomic mass is 9.97. The molecule has 0 radical (unpaired) electrons. The fourth-order valence-corrected chi connectivity index (χ4v) is 2.57. The number of nitrogens with zero attached hydrogens (tertiary/aromatic N) is 2. The second-order valence-electron chi connectivity index (χ2n) is 6.16. The van der Waals surface area contributed by atoms with Gasteiger partial charge in [-0.3, -0.25) is 0 Å².